The van der Waals surface area contributed by atoms with Gasteiger partial charge >= 0.3 is 6.03 Å². The standard InChI is InChI=1S/C8H12N2O3S.2H2/c1-14(12,13)10-8(11)9-7-5-3-2-4-6-7;;/h2-6,12-13H,1H3,(H2,9,10,11);2*1H. The highest BCUT2D eigenvalue weighted by molar-refractivity contribution is 8.22. The number of amides is 2. The zero-order chi connectivity index (χ0) is 10.6. The molecular formula is C8H16N2O3S. The summed E-state index contributed by atoms with van der Waals surface area (Å²) in [6.45, 7) is 0. The molecular weight excluding hydrogens is 204 g/mol. The molecule has 0 atom stereocenters. The van der Waals surface area contributed by atoms with E-state index in [1.54, 1.807) is 24.3 Å². The molecule has 2 amide bonds. The molecule has 14 heavy (non-hydrogen) atoms. The fraction of sp³-hybridized carbons (Fsp3) is 0.125. The third kappa shape index (κ3) is 4.13. The van der Waals surface area contributed by atoms with Crippen LogP contribution in [0.4, 0.5) is 10.5 Å². The Morgan fingerprint density at radius 2 is 1.93 bits per heavy atom. The number of carbonyl (C=O) groups is 1. The first kappa shape index (κ1) is 10.8. The number of hydrogen-bond donors (Lipinski definition) is 4. The summed E-state index contributed by atoms with van der Waals surface area (Å²) >= 11 is 0. The van der Waals surface area contributed by atoms with Crippen molar-refractivity contribution in [1.82, 2.24) is 4.72 Å². The number of urea groups is 1. The predicted molar refractivity (Wildman–Crippen MR) is 61.6 cm³/mol. The number of carbonyl (C=O) groups excluding carboxylic acids is 1. The maximum absolute atomic E-state index is 11.1. The Morgan fingerprint density at radius 3 is 2.43 bits per heavy atom. The molecule has 6 heteroatoms. The molecule has 1 aromatic rings. The second-order valence-corrected chi connectivity index (χ2v) is 4.63. The summed E-state index contributed by atoms with van der Waals surface area (Å²) in [4.78, 5) is 11.1. The minimum Gasteiger partial charge on any atom is -0.307 e. The van der Waals surface area contributed by atoms with Gasteiger partial charge in [-0.3, -0.25) is 9.11 Å². The summed E-state index contributed by atoms with van der Waals surface area (Å²) in [5.41, 5.74) is 0.591. The number of nitrogens with one attached hydrogen (secondary N) is 2. The van der Waals surface area contributed by atoms with Gasteiger partial charge in [-0.05, 0) is 12.1 Å². The Labute approximate surface area is 86.6 Å². The van der Waals surface area contributed by atoms with E-state index in [2.05, 4.69) is 5.32 Å². The van der Waals surface area contributed by atoms with E-state index in [0.29, 0.717) is 5.69 Å². The minimum atomic E-state index is -3.01. The highest BCUT2D eigenvalue weighted by atomic mass is 32.3. The average molecular weight is 220 g/mol. The van der Waals surface area contributed by atoms with E-state index >= 15 is 0 Å². The smallest absolute Gasteiger partial charge is 0.307 e. The summed E-state index contributed by atoms with van der Waals surface area (Å²) in [6, 6.07) is 8.09. The first-order valence-electron chi connectivity index (χ1n) is 3.84. The van der Waals surface area contributed by atoms with Gasteiger partial charge in [0.05, 0.1) is 0 Å². The van der Waals surface area contributed by atoms with E-state index in [0.717, 1.165) is 6.26 Å². The van der Waals surface area contributed by atoms with Crippen molar-refractivity contribution in [1.29, 1.82) is 0 Å². The van der Waals surface area contributed by atoms with Gasteiger partial charge in [0, 0.05) is 14.8 Å². The molecule has 1 aromatic carbocycles. The molecule has 0 spiro atoms. The third-order valence-electron chi connectivity index (χ3n) is 1.32. The number of benzene rings is 1. The molecule has 4 N–H and O–H groups in total. The van der Waals surface area contributed by atoms with Crippen molar-refractivity contribution in [3.05, 3.63) is 30.3 Å². The molecule has 0 radical (unpaired) electrons. The summed E-state index contributed by atoms with van der Waals surface area (Å²) in [5.74, 6) is 0. The summed E-state index contributed by atoms with van der Waals surface area (Å²) in [5, 5.41) is 2.45. The number of rotatable bonds is 2. The van der Waals surface area contributed by atoms with Crippen LogP contribution < -0.4 is 10.0 Å². The van der Waals surface area contributed by atoms with Crippen LogP contribution in [0.5, 0.6) is 0 Å². The number of hydrogen-bond acceptors (Lipinski definition) is 3. The van der Waals surface area contributed by atoms with Gasteiger partial charge in [-0.1, -0.05) is 18.2 Å². The van der Waals surface area contributed by atoms with Gasteiger partial charge in [-0.25, -0.2) is 9.52 Å². The second kappa shape index (κ2) is 4.32. The molecule has 0 bridgehead atoms. The Kier molecular flexibility index (Phi) is 3.34. The van der Waals surface area contributed by atoms with Crippen LogP contribution in [-0.2, 0) is 0 Å². The van der Waals surface area contributed by atoms with Crippen molar-refractivity contribution >= 4 is 22.5 Å². The molecule has 5 nitrogen and oxygen atoms in total. The lowest BCUT2D eigenvalue weighted by Gasteiger charge is -2.27. The quantitative estimate of drug-likeness (QED) is 0.618. The Balaban J connectivity index is 0. The Hall–Kier alpha value is -1.24. The monoisotopic (exact) mass is 220 g/mol. The van der Waals surface area contributed by atoms with Gasteiger partial charge in [0.15, 0.2) is 0 Å². The van der Waals surface area contributed by atoms with Crippen LogP contribution >= 0.6 is 10.8 Å². The fourth-order valence-corrected chi connectivity index (χ4v) is 1.26. The highest BCUT2D eigenvalue weighted by Crippen LogP contribution is 2.26. The molecule has 0 saturated carbocycles. The molecule has 0 aliphatic rings. The van der Waals surface area contributed by atoms with Crippen LogP contribution in [0.25, 0.3) is 0 Å². The van der Waals surface area contributed by atoms with E-state index in [9.17, 15) is 4.79 Å². The van der Waals surface area contributed by atoms with Gasteiger partial charge in [-0.15, -0.1) is 10.8 Å². The first-order valence-corrected chi connectivity index (χ1v) is 5.80. The predicted octanol–water partition coefficient (Wildman–Crippen LogP) is 2.60. The molecule has 82 valence electrons. The van der Waals surface area contributed by atoms with Gasteiger partial charge in [-0.2, -0.15) is 0 Å². The summed E-state index contributed by atoms with van der Waals surface area (Å²) in [7, 11) is -3.01. The third-order valence-corrected chi connectivity index (χ3v) is 1.89. The average Bonchev–Trinajstić information content (AvgIpc) is 2.02. The maximum Gasteiger partial charge on any atom is 0.337 e. The van der Waals surface area contributed by atoms with E-state index in [4.69, 9.17) is 9.11 Å². The maximum atomic E-state index is 11.1. The Morgan fingerprint density at radius 1 is 1.36 bits per heavy atom. The van der Waals surface area contributed by atoms with Crippen LogP contribution in [-0.4, -0.2) is 21.4 Å². The first-order chi connectivity index (χ1) is 6.47. The van der Waals surface area contributed by atoms with Crippen LogP contribution in [0.15, 0.2) is 30.3 Å². The lowest BCUT2D eigenvalue weighted by Crippen LogP contribution is -2.30. The molecule has 0 heterocycles. The van der Waals surface area contributed by atoms with Crippen molar-refractivity contribution in [2.45, 2.75) is 0 Å². The van der Waals surface area contributed by atoms with Crippen LogP contribution in [0.2, 0.25) is 0 Å². The largest absolute Gasteiger partial charge is 0.337 e. The molecule has 0 fully saturated rings. The van der Waals surface area contributed by atoms with Gasteiger partial charge < -0.3 is 5.32 Å². The second-order valence-electron chi connectivity index (χ2n) is 2.76. The minimum absolute atomic E-state index is 0. The summed E-state index contributed by atoms with van der Waals surface area (Å²) < 4.78 is 19.9. The van der Waals surface area contributed by atoms with Crippen molar-refractivity contribution in [3.63, 3.8) is 0 Å². The van der Waals surface area contributed by atoms with E-state index < -0.39 is 16.8 Å². The molecule has 1 rings (SSSR count). The molecule has 0 saturated heterocycles. The topological polar surface area (TPSA) is 81.6 Å². The van der Waals surface area contributed by atoms with Gasteiger partial charge in [0.1, 0.15) is 0 Å². The number of anilines is 1. The van der Waals surface area contributed by atoms with Crippen LogP contribution in [0, 0.1) is 0 Å². The van der Waals surface area contributed by atoms with Crippen molar-refractivity contribution in [3.8, 4) is 0 Å². The zero-order valence-corrected chi connectivity index (χ0v) is 8.41. The molecule has 0 aliphatic heterocycles. The van der Waals surface area contributed by atoms with Gasteiger partial charge in [0.25, 0.3) is 0 Å². The van der Waals surface area contributed by atoms with Gasteiger partial charge in [0.2, 0.25) is 0 Å². The lowest BCUT2D eigenvalue weighted by atomic mass is 10.3. The highest BCUT2D eigenvalue weighted by Gasteiger charge is 2.08. The molecule has 0 unspecified atom stereocenters. The molecule has 0 aromatic heterocycles. The van der Waals surface area contributed by atoms with E-state index in [1.807, 2.05) is 10.8 Å². The summed E-state index contributed by atoms with van der Waals surface area (Å²) in [6.07, 6.45) is 1.14. The SMILES string of the molecule is CS(O)(O)NC(=O)Nc1ccccc1.[HH].[HH]. The zero-order valence-electron chi connectivity index (χ0n) is 7.60. The molecule has 0 aliphatic carbocycles. The van der Waals surface area contributed by atoms with Crippen molar-refractivity contribution in [2.75, 3.05) is 11.6 Å². The number of para-hydroxylation sites is 1. The van der Waals surface area contributed by atoms with E-state index in [-0.39, 0.29) is 2.85 Å². The normalized spacial score (nSPS) is 11.9. The fourth-order valence-electron chi connectivity index (χ4n) is 0.854. The Bertz CT molecular complexity index is 319. The van der Waals surface area contributed by atoms with Crippen molar-refractivity contribution in [2.24, 2.45) is 0 Å². The van der Waals surface area contributed by atoms with Crippen LogP contribution in [0.1, 0.15) is 2.85 Å². The van der Waals surface area contributed by atoms with Crippen molar-refractivity contribution < 1.29 is 16.8 Å². The van der Waals surface area contributed by atoms with E-state index in [1.165, 1.54) is 0 Å². The van der Waals surface area contributed by atoms with Crippen LogP contribution in [0.3, 0.4) is 0 Å². The lowest BCUT2D eigenvalue weighted by molar-refractivity contribution is 0.255.